The molecule has 0 aromatic carbocycles. The first kappa shape index (κ1) is 21.6. The molecule has 0 aliphatic heterocycles. The lowest BCUT2D eigenvalue weighted by atomic mass is 9.50. The minimum absolute atomic E-state index is 0.0453. The second kappa shape index (κ2) is 7.22. The van der Waals surface area contributed by atoms with Crippen LogP contribution >= 0.6 is 0 Å². The van der Waals surface area contributed by atoms with Crippen molar-refractivity contribution in [1.82, 2.24) is 0 Å². The van der Waals surface area contributed by atoms with Crippen LogP contribution in [0.3, 0.4) is 0 Å². The van der Waals surface area contributed by atoms with Gasteiger partial charge in [0.25, 0.3) is 0 Å². The molecule has 4 rings (SSSR count). The molecular weight excluding hydrogens is 380 g/mol. The second-order valence-corrected chi connectivity index (χ2v) is 10.6. The fraction of sp³-hybridized carbons (Fsp3) is 0.760. The van der Waals surface area contributed by atoms with Crippen LogP contribution in [0.5, 0.6) is 0 Å². The number of allylic oxidation sites excluding steroid dienone is 2. The molecule has 2 saturated carbocycles. The molecule has 1 N–H and O–H groups in total. The highest BCUT2D eigenvalue weighted by atomic mass is 16.5. The van der Waals surface area contributed by atoms with Gasteiger partial charge in [-0.1, -0.05) is 32.9 Å². The van der Waals surface area contributed by atoms with E-state index in [1.165, 1.54) is 25.2 Å². The van der Waals surface area contributed by atoms with Gasteiger partial charge in [0, 0.05) is 18.8 Å². The molecule has 2 fully saturated rings. The average molecular weight is 417 g/mol. The zero-order valence-electron chi connectivity index (χ0n) is 19.0. The third-order valence-electron chi connectivity index (χ3n) is 9.16. The molecule has 0 amide bonds. The van der Waals surface area contributed by atoms with Crippen molar-refractivity contribution in [3.63, 3.8) is 0 Å². The normalized spacial score (nSPS) is 43.3. The summed E-state index contributed by atoms with van der Waals surface area (Å²) in [6, 6.07) is 0. The van der Waals surface area contributed by atoms with E-state index >= 15 is 0 Å². The van der Waals surface area contributed by atoms with E-state index in [0.717, 1.165) is 32.1 Å². The van der Waals surface area contributed by atoms with Crippen molar-refractivity contribution in [3.8, 4) is 0 Å². The van der Waals surface area contributed by atoms with Crippen molar-refractivity contribution in [2.24, 2.45) is 28.6 Å². The molecular formula is C25H36O5. The summed E-state index contributed by atoms with van der Waals surface area (Å²) in [5, 5.41) is 11.7. The smallest absolute Gasteiger partial charge is 0.308 e. The van der Waals surface area contributed by atoms with Gasteiger partial charge >= 0.3 is 11.9 Å². The molecule has 30 heavy (non-hydrogen) atoms. The Balaban J connectivity index is 1.64. The van der Waals surface area contributed by atoms with E-state index in [1.54, 1.807) is 0 Å². The van der Waals surface area contributed by atoms with E-state index in [-0.39, 0.29) is 34.8 Å². The van der Waals surface area contributed by atoms with Gasteiger partial charge < -0.3 is 14.6 Å². The van der Waals surface area contributed by atoms with Gasteiger partial charge in [-0.25, -0.2) is 0 Å². The number of esters is 2. The van der Waals surface area contributed by atoms with Crippen LogP contribution in [0.15, 0.2) is 23.3 Å². The zero-order chi connectivity index (χ0) is 21.9. The molecule has 0 spiro atoms. The van der Waals surface area contributed by atoms with E-state index in [1.807, 2.05) is 6.92 Å². The van der Waals surface area contributed by atoms with Crippen molar-refractivity contribution in [2.75, 3.05) is 7.11 Å². The van der Waals surface area contributed by atoms with E-state index in [0.29, 0.717) is 24.7 Å². The molecule has 5 heteroatoms. The molecule has 0 aromatic heterocycles. The van der Waals surface area contributed by atoms with Gasteiger partial charge in [0.1, 0.15) is 6.10 Å². The van der Waals surface area contributed by atoms with Gasteiger partial charge in [0.15, 0.2) is 0 Å². The number of carbonyl (C=O) groups is 2. The number of hydrogen-bond donors (Lipinski definition) is 1. The van der Waals surface area contributed by atoms with Crippen LogP contribution in [0.1, 0.15) is 72.6 Å². The van der Waals surface area contributed by atoms with Gasteiger partial charge in [-0.15, -0.1) is 0 Å². The Morgan fingerprint density at radius 1 is 1.17 bits per heavy atom. The minimum atomic E-state index is -0.883. The molecule has 7 atom stereocenters. The van der Waals surface area contributed by atoms with Crippen molar-refractivity contribution in [1.29, 1.82) is 0 Å². The Kier molecular flexibility index (Phi) is 5.20. The summed E-state index contributed by atoms with van der Waals surface area (Å²) >= 11 is 0. The lowest BCUT2D eigenvalue weighted by molar-refractivity contribution is -0.163. The third-order valence-corrected chi connectivity index (χ3v) is 9.16. The Hall–Kier alpha value is -1.62. The van der Waals surface area contributed by atoms with Crippen molar-refractivity contribution >= 4 is 11.9 Å². The summed E-state index contributed by atoms with van der Waals surface area (Å²) in [4.78, 5) is 23.7. The highest BCUT2D eigenvalue weighted by Gasteiger charge is 2.60. The zero-order valence-corrected chi connectivity index (χ0v) is 19.0. The minimum Gasteiger partial charge on any atom is -0.469 e. The maximum Gasteiger partial charge on any atom is 0.308 e. The van der Waals surface area contributed by atoms with Crippen LogP contribution in [0, 0.1) is 28.6 Å². The van der Waals surface area contributed by atoms with E-state index in [2.05, 4.69) is 26.0 Å². The Bertz CT molecular complexity index is 812. The summed E-state index contributed by atoms with van der Waals surface area (Å²) in [6.07, 6.45) is 10.1. The molecule has 0 saturated heterocycles. The van der Waals surface area contributed by atoms with Crippen LogP contribution in [0.25, 0.3) is 0 Å². The molecule has 0 heterocycles. The SMILES string of the molecule is COC(=O)[C@@H](C)C1CCC2C3=CC[C@@]4(O)CC(OC(C)=O)CCC4(C)C3=CCC21C. The summed E-state index contributed by atoms with van der Waals surface area (Å²) in [5.41, 5.74) is 1.53. The number of fused-ring (bicyclic) bond motifs is 5. The summed E-state index contributed by atoms with van der Waals surface area (Å²) in [7, 11) is 1.48. The lowest BCUT2D eigenvalue weighted by Crippen LogP contribution is -2.56. The molecule has 5 nitrogen and oxygen atoms in total. The maximum absolute atomic E-state index is 12.3. The van der Waals surface area contributed by atoms with Crippen LogP contribution in [0.4, 0.5) is 0 Å². The fourth-order valence-electron chi connectivity index (χ4n) is 7.36. The molecule has 166 valence electrons. The number of methoxy groups -OCH3 is 1. The maximum atomic E-state index is 12.3. The van der Waals surface area contributed by atoms with Crippen LogP contribution < -0.4 is 0 Å². The summed E-state index contributed by atoms with van der Waals surface area (Å²) < 4.78 is 10.5. The largest absolute Gasteiger partial charge is 0.469 e. The monoisotopic (exact) mass is 416 g/mol. The second-order valence-electron chi connectivity index (χ2n) is 10.6. The number of rotatable bonds is 3. The van der Waals surface area contributed by atoms with Gasteiger partial charge in [-0.3, -0.25) is 9.59 Å². The van der Waals surface area contributed by atoms with Gasteiger partial charge in [0.05, 0.1) is 18.6 Å². The Morgan fingerprint density at radius 3 is 2.57 bits per heavy atom. The number of aliphatic hydroxyl groups is 1. The van der Waals surface area contributed by atoms with E-state index in [9.17, 15) is 14.7 Å². The first-order chi connectivity index (χ1) is 14.1. The lowest BCUT2D eigenvalue weighted by Gasteiger charge is -2.57. The van der Waals surface area contributed by atoms with Crippen molar-refractivity contribution < 1.29 is 24.2 Å². The number of ether oxygens (including phenoxy) is 2. The Morgan fingerprint density at radius 2 is 1.90 bits per heavy atom. The highest BCUT2D eigenvalue weighted by molar-refractivity contribution is 5.72. The summed E-state index contributed by atoms with van der Waals surface area (Å²) in [6.45, 7) is 7.98. The molecule has 0 radical (unpaired) electrons. The predicted octanol–water partition coefficient (Wildman–Crippen LogP) is 4.34. The van der Waals surface area contributed by atoms with Crippen molar-refractivity contribution in [2.45, 2.75) is 84.3 Å². The predicted molar refractivity (Wildman–Crippen MR) is 113 cm³/mol. The number of hydrogen-bond acceptors (Lipinski definition) is 5. The van der Waals surface area contributed by atoms with Gasteiger partial charge in [-0.05, 0) is 66.9 Å². The summed E-state index contributed by atoms with van der Waals surface area (Å²) in [5.74, 6) is 0.239. The average Bonchev–Trinajstić information content (AvgIpc) is 3.04. The van der Waals surface area contributed by atoms with Crippen LogP contribution in [-0.2, 0) is 19.1 Å². The molecule has 4 aliphatic carbocycles. The van der Waals surface area contributed by atoms with E-state index < -0.39 is 5.60 Å². The first-order valence-corrected chi connectivity index (χ1v) is 11.4. The van der Waals surface area contributed by atoms with Crippen molar-refractivity contribution in [3.05, 3.63) is 23.3 Å². The van der Waals surface area contributed by atoms with Crippen LogP contribution in [-0.4, -0.2) is 35.9 Å². The van der Waals surface area contributed by atoms with Gasteiger partial charge in [0.2, 0.25) is 0 Å². The Labute approximate surface area is 179 Å². The quantitative estimate of drug-likeness (QED) is 0.693. The molecule has 4 aliphatic rings. The first-order valence-electron chi connectivity index (χ1n) is 11.4. The topological polar surface area (TPSA) is 72.8 Å². The van der Waals surface area contributed by atoms with Gasteiger partial charge in [-0.2, -0.15) is 0 Å². The third kappa shape index (κ3) is 2.99. The molecule has 0 bridgehead atoms. The molecule has 0 aromatic rings. The fourth-order valence-corrected chi connectivity index (χ4v) is 7.36. The van der Waals surface area contributed by atoms with Crippen LogP contribution in [0.2, 0.25) is 0 Å². The van der Waals surface area contributed by atoms with E-state index in [4.69, 9.17) is 9.47 Å². The number of carbonyl (C=O) groups excluding carboxylic acids is 2. The standard InChI is InChI=1S/C25H36O5/c1-15(22(27)29-5)19-6-7-20-18-9-13-25(28)14-17(30-16(2)26)8-12-24(25,4)21(18)10-11-23(19,20)3/h9-10,15,17,19-20,28H,6-8,11-14H2,1-5H3/t15-,17?,19?,20?,23?,24?,25+/m0/s1. The highest BCUT2D eigenvalue weighted by Crippen LogP contribution is 2.65. The molecule has 5 unspecified atom stereocenters.